The average Bonchev–Trinajstić information content (AvgIpc) is 2.64. The molecule has 0 bridgehead atoms. The number of aromatic nitrogens is 2. The van der Waals surface area contributed by atoms with Gasteiger partial charge in [0.1, 0.15) is 0 Å². The van der Waals surface area contributed by atoms with Crippen LogP contribution in [-0.4, -0.2) is 28.5 Å². The van der Waals surface area contributed by atoms with E-state index in [4.69, 9.17) is 4.74 Å². The molecule has 0 saturated carbocycles. The molecule has 17 heavy (non-hydrogen) atoms. The Hall–Kier alpha value is -0.870. The summed E-state index contributed by atoms with van der Waals surface area (Å²) in [5.74, 6) is 0. The first-order valence-corrected chi connectivity index (χ1v) is 6.24. The summed E-state index contributed by atoms with van der Waals surface area (Å²) in [6.07, 6.45) is 1.87. The van der Waals surface area contributed by atoms with Crippen LogP contribution in [0.25, 0.3) is 0 Å². The lowest BCUT2D eigenvalue weighted by molar-refractivity contribution is -0.0749. The Labute approximate surface area is 103 Å². The Balaban J connectivity index is 2.37. The van der Waals surface area contributed by atoms with Crippen molar-refractivity contribution in [3.05, 3.63) is 18.0 Å². The molecule has 1 fully saturated rings. The number of hydrogen-bond donors (Lipinski definition) is 1. The van der Waals surface area contributed by atoms with E-state index in [2.05, 4.69) is 55.8 Å². The fourth-order valence-corrected chi connectivity index (χ4v) is 2.40. The van der Waals surface area contributed by atoms with Gasteiger partial charge in [0.15, 0.2) is 0 Å². The van der Waals surface area contributed by atoms with Gasteiger partial charge in [0.25, 0.3) is 0 Å². The molecule has 1 saturated heterocycles. The van der Waals surface area contributed by atoms with Crippen LogP contribution in [0.3, 0.4) is 0 Å². The molecule has 0 spiro atoms. The molecule has 0 aromatic carbocycles. The van der Waals surface area contributed by atoms with Gasteiger partial charge in [0, 0.05) is 12.7 Å². The summed E-state index contributed by atoms with van der Waals surface area (Å²) in [5, 5.41) is 7.99. The van der Waals surface area contributed by atoms with Crippen molar-refractivity contribution in [1.82, 2.24) is 15.1 Å². The molecule has 2 heterocycles. The third-order valence-electron chi connectivity index (χ3n) is 3.22. The first-order chi connectivity index (χ1) is 7.82. The largest absolute Gasteiger partial charge is 0.372 e. The first kappa shape index (κ1) is 12.6. The highest BCUT2D eigenvalue weighted by Gasteiger charge is 2.37. The van der Waals surface area contributed by atoms with Crippen LogP contribution in [0.1, 0.15) is 46.4 Å². The summed E-state index contributed by atoms with van der Waals surface area (Å²) < 4.78 is 7.95. The van der Waals surface area contributed by atoms with Gasteiger partial charge < -0.3 is 10.1 Å². The Bertz CT molecular complexity index is 390. The summed E-state index contributed by atoms with van der Waals surface area (Å²) in [6, 6.07) is 2.28. The Morgan fingerprint density at radius 1 is 1.47 bits per heavy atom. The van der Waals surface area contributed by atoms with Crippen molar-refractivity contribution in [3.8, 4) is 0 Å². The predicted molar refractivity (Wildman–Crippen MR) is 68.0 cm³/mol. The van der Waals surface area contributed by atoms with Crippen LogP contribution in [-0.2, 0) is 10.3 Å². The van der Waals surface area contributed by atoms with E-state index in [0.29, 0.717) is 0 Å². The molecule has 0 amide bonds. The summed E-state index contributed by atoms with van der Waals surface area (Å²) >= 11 is 0. The van der Waals surface area contributed by atoms with Gasteiger partial charge in [-0.15, -0.1) is 0 Å². The first-order valence-electron chi connectivity index (χ1n) is 6.24. The zero-order valence-corrected chi connectivity index (χ0v) is 11.4. The minimum absolute atomic E-state index is 0.00591. The van der Waals surface area contributed by atoms with Crippen LogP contribution in [0.15, 0.2) is 12.3 Å². The van der Waals surface area contributed by atoms with Gasteiger partial charge in [0.2, 0.25) is 0 Å². The summed E-state index contributed by atoms with van der Waals surface area (Å²) in [4.78, 5) is 0. The van der Waals surface area contributed by atoms with E-state index in [1.807, 2.05) is 6.20 Å². The Morgan fingerprint density at radius 2 is 2.18 bits per heavy atom. The van der Waals surface area contributed by atoms with Crippen LogP contribution in [0.5, 0.6) is 0 Å². The van der Waals surface area contributed by atoms with Gasteiger partial charge >= 0.3 is 0 Å². The van der Waals surface area contributed by atoms with Crippen LogP contribution < -0.4 is 5.32 Å². The van der Waals surface area contributed by atoms with E-state index in [1.54, 1.807) is 0 Å². The Morgan fingerprint density at radius 3 is 2.76 bits per heavy atom. The van der Waals surface area contributed by atoms with Crippen LogP contribution in [0, 0.1) is 0 Å². The maximum absolute atomic E-state index is 5.87. The van der Waals surface area contributed by atoms with Crippen LogP contribution in [0.4, 0.5) is 0 Å². The molecule has 96 valence electrons. The van der Waals surface area contributed by atoms with Gasteiger partial charge in [-0.2, -0.15) is 5.10 Å². The molecule has 2 rings (SSSR count). The highest BCUT2D eigenvalue weighted by molar-refractivity contribution is 5.14. The van der Waals surface area contributed by atoms with E-state index in [1.165, 1.54) is 5.69 Å². The minimum atomic E-state index is -0.193. The van der Waals surface area contributed by atoms with Crippen LogP contribution in [0.2, 0.25) is 0 Å². The molecule has 1 N–H and O–H groups in total. The lowest BCUT2D eigenvalue weighted by atomic mass is 9.93. The maximum Gasteiger partial charge on any atom is 0.0836 e. The van der Waals surface area contributed by atoms with Crippen molar-refractivity contribution in [2.24, 2.45) is 0 Å². The zero-order chi connectivity index (χ0) is 12.7. The molecule has 0 radical (unpaired) electrons. The van der Waals surface area contributed by atoms with E-state index in [9.17, 15) is 0 Å². The molecule has 0 aliphatic carbocycles. The smallest absolute Gasteiger partial charge is 0.0836 e. The molecule has 1 unspecified atom stereocenters. The van der Waals surface area contributed by atoms with Crippen molar-refractivity contribution in [3.63, 3.8) is 0 Å². The van der Waals surface area contributed by atoms with E-state index < -0.39 is 0 Å². The van der Waals surface area contributed by atoms with Gasteiger partial charge in [-0.05, 0) is 40.7 Å². The third kappa shape index (κ3) is 2.38. The fourth-order valence-electron chi connectivity index (χ4n) is 2.40. The molecule has 4 nitrogen and oxygen atoms in total. The molecule has 1 aliphatic heterocycles. The van der Waals surface area contributed by atoms with Crippen molar-refractivity contribution < 1.29 is 4.74 Å². The number of ether oxygens (including phenoxy) is 1. The molecule has 1 aliphatic rings. The monoisotopic (exact) mass is 237 g/mol. The molecule has 1 aromatic rings. The third-order valence-corrected chi connectivity index (χ3v) is 3.22. The lowest BCUT2D eigenvalue weighted by Crippen LogP contribution is -2.49. The molecule has 1 atom stereocenters. The zero-order valence-electron chi connectivity index (χ0n) is 11.4. The minimum Gasteiger partial charge on any atom is -0.372 e. The second-order valence-electron chi connectivity index (χ2n) is 6.18. The van der Waals surface area contributed by atoms with Gasteiger partial charge in [-0.3, -0.25) is 4.68 Å². The lowest BCUT2D eigenvalue weighted by Gasteiger charge is -2.40. The number of nitrogens with one attached hydrogen (secondary N) is 1. The number of nitrogens with zero attached hydrogens (tertiary/aromatic N) is 2. The van der Waals surface area contributed by atoms with Crippen molar-refractivity contribution in [2.75, 3.05) is 13.2 Å². The van der Waals surface area contributed by atoms with Gasteiger partial charge in [-0.1, -0.05) is 0 Å². The van der Waals surface area contributed by atoms with E-state index in [-0.39, 0.29) is 17.2 Å². The average molecular weight is 237 g/mol. The highest BCUT2D eigenvalue weighted by atomic mass is 16.5. The van der Waals surface area contributed by atoms with E-state index >= 15 is 0 Å². The standard InChI is InChI=1S/C13H23N3O/c1-12(2,3)16-10(6-7-15-16)11-13(4,5)17-9-8-14-11/h6-7,11,14H,8-9H2,1-5H3. The van der Waals surface area contributed by atoms with Crippen LogP contribution >= 0.6 is 0 Å². The summed E-state index contributed by atoms with van der Waals surface area (Å²) in [7, 11) is 0. The number of rotatable bonds is 1. The number of hydrogen-bond acceptors (Lipinski definition) is 3. The fraction of sp³-hybridized carbons (Fsp3) is 0.769. The molecule has 4 heteroatoms. The summed E-state index contributed by atoms with van der Waals surface area (Å²) in [6.45, 7) is 12.4. The van der Waals surface area contributed by atoms with Gasteiger partial charge in [0.05, 0.1) is 29.5 Å². The molecular formula is C13H23N3O. The number of morpholine rings is 1. The van der Waals surface area contributed by atoms with Crippen molar-refractivity contribution >= 4 is 0 Å². The van der Waals surface area contributed by atoms with Gasteiger partial charge in [-0.25, -0.2) is 0 Å². The maximum atomic E-state index is 5.87. The topological polar surface area (TPSA) is 39.1 Å². The Kier molecular flexibility index (Phi) is 3.04. The SMILES string of the molecule is CC1(C)OCCNC1c1ccnn1C(C)(C)C. The molecular weight excluding hydrogens is 214 g/mol. The normalized spacial score (nSPS) is 24.9. The second-order valence-corrected chi connectivity index (χ2v) is 6.18. The highest BCUT2D eigenvalue weighted by Crippen LogP contribution is 2.32. The predicted octanol–water partition coefficient (Wildman–Crippen LogP) is 2.08. The van der Waals surface area contributed by atoms with E-state index in [0.717, 1.165) is 13.2 Å². The van der Waals surface area contributed by atoms with Crippen molar-refractivity contribution in [2.45, 2.75) is 51.8 Å². The summed E-state index contributed by atoms with van der Waals surface area (Å²) in [5.41, 5.74) is 0.997. The van der Waals surface area contributed by atoms with Crippen molar-refractivity contribution in [1.29, 1.82) is 0 Å². The quantitative estimate of drug-likeness (QED) is 0.813. The molecule has 1 aromatic heterocycles. The second kappa shape index (κ2) is 4.10.